The Morgan fingerprint density at radius 2 is 1.86 bits per heavy atom. The van der Waals surface area contributed by atoms with Crippen LogP contribution in [0.2, 0.25) is 0 Å². The fourth-order valence-corrected chi connectivity index (χ4v) is 4.73. The van der Waals surface area contributed by atoms with E-state index in [-0.39, 0.29) is 17.1 Å². The standard InChI is InChI=1S/C17H18FNOS/c1-19-17-13-7-3-2-6-12(13)10-11-16(17)21(20)15-9-5-4-8-14(15)18/h2-9,16-17,19H,10-11H2,1H3. The van der Waals surface area contributed by atoms with E-state index in [1.165, 1.54) is 17.2 Å². The van der Waals surface area contributed by atoms with E-state index < -0.39 is 10.8 Å². The van der Waals surface area contributed by atoms with Gasteiger partial charge in [0.1, 0.15) is 5.82 Å². The van der Waals surface area contributed by atoms with Gasteiger partial charge in [0.25, 0.3) is 0 Å². The fraction of sp³-hybridized carbons (Fsp3) is 0.294. The van der Waals surface area contributed by atoms with Gasteiger partial charge >= 0.3 is 0 Å². The second-order valence-electron chi connectivity index (χ2n) is 5.27. The van der Waals surface area contributed by atoms with Crippen LogP contribution in [0.4, 0.5) is 4.39 Å². The van der Waals surface area contributed by atoms with Crippen LogP contribution in [0.5, 0.6) is 0 Å². The van der Waals surface area contributed by atoms with Gasteiger partial charge in [-0.1, -0.05) is 36.4 Å². The molecule has 0 bridgehead atoms. The first-order valence-corrected chi connectivity index (χ1v) is 8.34. The van der Waals surface area contributed by atoms with E-state index in [0.29, 0.717) is 4.90 Å². The van der Waals surface area contributed by atoms with Crippen LogP contribution >= 0.6 is 0 Å². The molecule has 0 aliphatic heterocycles. The van der Waals surface area contributed by atoms with Gasteiger partial charge in [-0.3, -0.25) is 4.21 Å². The van der Waals surface area contributed by atoms with Crippen LogP contribution < -0.4 is 5.32 Å². The zero-order valence-corrected chi connectivity index (χ0v) is 12.7. The maximum absolute atomic E-state index is 13.9. The van der Waals surface area contributed by atoms with Crippen molar-refractivity contribution in [2.75, 3.05) is 7.05 Å². The predicted octanol–water partition coefficient (Wildman–Crippen LogP) is 3.21. The molecule has 0 aromatic heterocycles. The Morgan fingerprint density at radius 3 is 2.62 bits per heavy atom. The average Bonchev–Trinajstić information content (AvgIpc) is 2.53. The molecule has 2 nitrogen and oxygen atoms in total. The predicted molar refractivity (Wildman–Crippen MR) is 83.2 cm³/mol. The van der Waals surface area contributed by atoms with Crippen molar-refractivity contribution in [3.05, 3.63) is 65.5 Å². The Labute approximate surface area is 126 Å². The van der Waals surface area contributed by atoms with Crippen LogP contribution in [0.15, 0.2) is 53.4 Å². The van der Waals surface area contributed by atoms with Gasteiger partial charge in [0.2, 0.25) is 0 Å². The van der Waals surface area contributed by atoms with E-state index in [4.69, 9.17) is 0 Å². The summed E-state index contributed by atoms with van der Waals surface area (Å²) in [7, 11) is 0.517. The van der Waals surface area contributed by atoms with Crippen LogP contribution in [-0.4, -0.2) is 16.5 Å². The lowest BCUT2D eigenvalue weighted by Crippen LogP contribution is -2.37. The molecule has 1 aliphatic carbocycles. The van der Waals surface area contributed by atoms with E-state index >= 15 is 0 Å². The second kappa shape index (κ2) is 6.08. The quantitative estimate of drug-likeness (QED) is 0.943. The molecular weight excluding hydrogens is 285 g/mol. The summed E-state index contributed by atoms with van der Waals surface area (Å²) in [5, 5.41) is 3.16. The van der Waals surface area contributed by atoms with Gasteiger partial charge in [-0.25, -0.2) is 4.39 Å². The minimum absolute atomic E-state index is 0.00427. The minimum atomic E-state index is -1.36. The van der Waals surface area contributed by atoms with E-state index in [2.05, 4.69) is 17.4 Å². The summed E-state index contributed by atoms with van der Waals surface area (Å²) in [4.78, 5) is 0.308. The third kappa shape index (κ3) is 2.65. The van der Waals surface area contributed by atoms with Gasteiger partial charge in [-0.2, -0.15) is 0 Å². The molecule has 1 N–H and O–H groups in total. The highest BCUT2D eigenvalue weighted by atomic mass is 32.2. The number of aryl methyl sites for hydroxylation is 1. The molecule has 1 aliphatic rings. The van der Waals surface area contributed by atoms with Crippen molar-refractivity contribution in [1.82, 2.24) is 5.32 Å². The number of nitrogens with one attached hydrogen (secondary N) is 1. The van der Waals surface area contributed by atoms with Crippen LogP contribution in [-0.2, 0) is 17.2 Å². The molecule has 2 aromatic carbocycles. The second-order valence-corrected chi connectivity index (χ2v) is 6.91. The van der Waals surface area contributed by atoms with Gasteiger partial charge in [0.05, 0.1) is 20.9 Å². The first kappa shape index (κ1) is 14.4. The monoisotopic (exact) mass is 303 g/mol. The normalized spacial score (nSPS) is 22.6. The molecule has 0 spiro atoms. The molecule has 0 amide bonds. The van der Waals surface area contributed by atoms with Crippen LogP contribution in [0, 0.1) is 5.82 Å². The van der Waals surface area contributed by atoms with Crippen molar-refractivity contribution in [3.63, 3.8) is 0 Å². The van der Waals surface area contributed by atoms with Crippen molar-refractivity contribution in [2.24, 2.45) is 0 Å². The first-order chi connectivity index (χ1) is 10.2. The number of benzene rings is 2. The molecule has 0 saturated heterocycles. The molecule has 4 heteroatoms. The minimum Gasteiger partial charge on any atom is -0.312 e. The molecule has 2 aromatic rings. The van der Waals surface area contributed by atoms with E-state index in [9.17, 15) is 8.60 Å². The molecule has 3 rings (SSSR count). The molecular formula is C17H18FNOS. The molecule has 3 atom stereocenters. The molecule has 0 heterocycles. The fourth-order valence-electron chi connectivity index (χ4n) is 3.07. The summed E-state index contributed by atoms with van der Waals surface area (Å²) in [6.45, 7) is 0. The summed E-state index contributed by atoms with van der Waals surface area (Å²) in [5.74, 6) is -0.385. The summed E-state index contributed by atoms with van der Waals surface area (Å²) in [5.41, 5.74) is 2.47. The highest BCUT2D eigenvalue weighted by Crippen LogP contribution is 2.34. The highest BCUT2D eigenvalue weighted by molar-refractivity contribution is 7.85. The van der Waals surface area contributed by atoms with Crippen molar-refractivity contribution in [1.29, 1.82) is 0 Å². The topological polar surface area (TPSA) is 29.1 Å². The number of halogens is 1. The van der Waals surface area contributed by atoms with Gasteiger partial charge in [0, 0.05) is 6.04 Å². The summed E-state index contributed by atoms with van der Waals surface area (Å²) >= 11 is 0. The molecule has 110 valence electrons. The largest absolute Gasteiger partial charge is 0.312 e. The number of fused-ring (bicyclic) bond motifs is 1. The van der Waals surface area contributed by atoms with Gasteiger partial charge in [0.15, 0.2) is 0 Å². The smallest absolute Gasteiger partial charge is 0.139 e. The van der Waals surface area contributed by atoms with Crippen molar-refractivity contribution in [3.8, 4) is 0 Å². The van der Waals surface area contributed by atoms with Crippen LogP contribution in [0.25, 0.3) is 0 Å². The first-order valence-electron chi connectivity index (χ1n) is 7.12. The Kier molecular flexibility index (Phi) is 4.17. The van der Waals surface area contributed by atoms with Gasteiger partial charge < -0.3 is 5.32 Å². The summed E-state index contributed by atoms with van der Waals surface area (Å²) in [6, 6.07) is 14.6. The van der Waals surface area contributed by atoms with E-state index in [1.807, 2.05) is 19.2 Å². The molecule has 0 fully saturated rings. The number of hydrogen-bond donors (Lipinski definition) is 1. The van der Waals surface area contributed by atoms with Crippen molar-refractivity contribution >= 4 is 10.8 Å². The van der Waals surface area contributed by atoms with E-state index in [1.54, 1.807) is 18.2 Å². The summed E-state index contributed by atoms with van der Waals surface area (Å²) < 4.78 is 26.7. The Balaban J connectivity index is 1.96. The maximum atomic E-state index is 13.9. The third-order valence-corrected chi connectivity index (χ3v) is 5.92. The number of rotatable bonds is 3. The zero-order chi connectivity index (χ0) is 14.8. The third-order valence-electron chi connectivity index (χ3n) is 4.10. The maximum Gasteiger partial charge on any atom is 0.139 e. The summed E-state index contributed by atoms with van der Waals surface area (Å²) in [6.07, 6.45) is 1.68. The van der Waals surface area contributed by atoms with Crippen molar-refractivity contribution < 1.29 is 8.60 Å². The molecule has 21 heavy (non-hydrogen) atoms. The highest BCUT2D eigenvalue weighted by Gasteiger charge is 2.33. The van der Waals surface area contributed by atoms with Crippen molar-refractivity contribution in [2.45, 2.75) is 29.0 Å². The Morgan fingerprint density at radius 1 is 1.14 bits per heavy atom. The Bertz CT molecular complexity index is 673. The van der Waals surface area contributed by atoms with Crippen LogP contribution in [0.3, 0.4) is 0 Å². The Hall–Kier alpha value is -1.52. The lowest BCUT2D eigenvalue weighted by atomic mass is 9.87. The average molecular weight is 303 g/mol. The van der Waals surface area contributed by atoms with Crippen LogP contribution in [0.1, 0.15) is 23.6 Å². The van der Waals surface area contributed by atoms with Gasteiger partial charge in [-0.05, 0) is 43.1 Å². The molecule has 3 unspecified atom stereocenters. The lowest BCUT2D eigenvalue weighted by molar-refractivity contribution is 0.495. The molecule has 0 saturated carbocycles. The number of hydrogen-bond acceptors (Lipinski definition) is 2. The SMILES string of the molecule is CNC1c2ccccc2CCC1S(=O)c1ccccc1F. The van der Waals surface area contributed by atoms with Gasteiger partial charge in [-0.15, -0.1) is 0 Å². The molecule has 0 radical (unpaired) electrons. The zero-order valence-electron chi connectivity index (χ0n) is 11.9. The lowest BCUT2D eigenvalue weighted by Gasteiger charge is -2.32. The van der Waals surface area contributed by atoms with E-state index in [0.717, 1.165) is 12.8 Å².